The first-order valence-electron chi connectivity index (χ1n) is 14.8. The quantitative estimate of drug-likeness (QED) is 0.0128. The minimum Gasteiger partial charge on any atom is -0.714 e. The minimum absolute atomic E-state index is 0. The van der Waals surface area contributed by atoms with Crippen molar-refractivity contribution in [2.24, 2.45) is 10.3 Å². The number of hydrogen-bond acceptors (Lipinski definition) is 24. The van der Waals surface area contributed by atoms with Gasteiger partial charge in [-0.1, -0.05) is 39.9 Å². The third-order valence-corrected chi connectivity index (χ3v) is 10.8. The van der Waals surface area contributed by atoms with Crippen LogP contribution in [0.1, 0.15) is 32.1 Å². The smallest absolute Gasteiger partial charge is 0.714 e. The summed E-state index contributed by atoms with van der Waals surface area (Å²) in [6, 6.07) is 0. The number of aliphatic hydroxyl groups is 8. The van der Waals surface area contributed by atoms with Crippen molar-refractivity contribution in [3.63, 3.8) is 0 Å². The van der Waals surface area contributed by atoms with E-state index >= 15 is 0 Å². The Bertz CT molecular complexity index is 1460. The number of thioether (sulfide) groups is 2. The molecule has 2 saturated heterocycles. The number of aliphatic hydroxyl groups excluding tert-OH is 8. The van der Waals surface area contributed by atoms with Gasteiger partial charge in [0.1, 0.15) is 69.8 Å². The van der Waals surface area contributed by atoms with Gasteiger partial charge >= 0.3 is 103 Å². The third kappa shape index (κ3) is 24.0. The molecule has 2 heterocycles. The Hall–Kier alpha value is 2.37. The summed E-state index contributed by atoms with van der Waals surface area (Å²) in [5.74, 6) is 0.415. The second-order valence-electron chi connectivity index (χ2n) is 10.7. The molecule has 2 fully saturated rings. The van der Waals surface area contributed by atoms with E-state index in [4.69, 9.17) is 19.7 Å². The molecule has 0 amide bonds. The SMILES string of the molecule is C[S@@](=O)/C=C/CC/C(=N/OS(=O)(=O)[O-])S[C@@H]1OC(CO)[C@@H](O)[C@H](O)C1O.C[S@@](=O)CCCC/C(=N/OS(=O)(=O)[O-])S[C@@H]1OC(CO)[C@@H](O)[C@H](O)C1O.[K+].[K+]. The summed E-state index contributed by atoms with van der Waals surface area (Å²) in [5, 5.41) is 85.0. The number of hydrogen-bond donors (Lipinski definition) is 8. The van der Waals surface area contributed by atoms with Crippen molar-refractivity contribution in [1.29, 1.82) is 0 Å². The van der Waals surface area contributed by atoms with E-state index in [1.807, 2.05) is 0 Å². The number of oxime groups is 2. The van der Waals surface area contributed by atoms with E-state index in [2.05, 4.69) is 18.9 Å². The average molecular weight is 949 g/mol. The molecule has 0 aromatic heterocycles. The van der Waals surface area contributed by atoms with Crippen LogP contribution in [-0.4, -0.2) is 176 Å². The summed E-state index contributed by atoms with van der Waals surface area (Å²) in [5.41, 5.74) is -2.41. The molecule has 0 aromatic rings. The summed E-state index contributed by atoms with van der Waals surface area (Å²) in [7, 11) is -12.4. The van der Waals surface area contributed by atoms with Gasteiger partial charge in [-0.2, -0.15) is 16.8 Å². The van der Waals surface area contributed by atoms with Gasteiger partial charge in [-0.05, 0) is 31.1 Å². The summed E-state index contributed by atoms with van der Waals surface area (Å²) >= 11 is 1.35. The van der Waals surface area contributed by atoms with Gasteiger partial charge in [0.15, 0.2) is 0 Å². The second-order valence-corrected chi connectivity index (χ2v) is 17.8. The minimum atomic E-state index is -5.10. The fourth-order valence-corrected chi connectivity index (χ4v) is 7.68. The molecule has 12 atom stereocenters. The Morgan fingerprint density at radius 1 is 0.722 bits per heavy atom. The monoisotopic (exact) mass is 948 g/mol. The molecular weight excluding hydrogens is 907 g/mol. The van der Waals surface area contributed by atoms with Crippen LogP contribution < -0.4 is 103 Å². The maximum absolute atomic E-state index is 11.0. The Labute approximate surface area is 410 Å². The number of rotatable bonds is 17. The second kappa shape index (κ2) is 29.6. The van der Waals surface area contributed by atoms with Crippen molar-refractivity contribution < 1.29 is 196 Å². The van der Waals surface area contributed by atoms with Crippen LogP contribution in [-0.2, 0) is 60.4 Å². The zero-order valence-corrected chi connectivity index (χ0v) is 40.6. The Kier molecular flexibility index (Phi) is 32.0. The van der Waals surface area contributed by atoms with Crippen molar-refractivity contribution >= 4 is 76.0 Å². The molecule has 2 aliphatic rings. The van der Waals surface area contributed by atoms with Crippen LogP contribution in [0, 0.1) is 0 Å². The van der Waals surface area contributed by atoms with Gasteiger partial charge in [-0.3, -0.25) is 17.0 Å². The molecule has 2 aliphatic heterocycles. The number of ether oxygens (including phenoxy) is 2. The van der Waals surface area contributed by atoms with Crippen LogP contribution in [0.4, 0.5) is 0 Å². The van der Waals surface area contributed by atoms with Gasteiger partial charge in [-0.25, -0.2) is 0 Å². The van der Waals surface area contributed by atoms with E-state index in [0.717, 1.165) is 0 Å². The van der Waals surface area contributed by atoms with Crippen LogP contribution in [0.15, 0.2) is 21.8 Å². The Balaban J connectivity index is 0. The largest absolute Gasteiger partial charge is 1.00 e. The van der Waals surface area contributed by atoms with Gasteiger partial charge in [0.2, 0.25) is 0 Å². The fraction of sp³-hybridized carbons (Fsp3) is 0.833. The van der Waals surface area contributed by atoms with Crippen molar-refractivity contribution in [3.05, 3.63) is 11.5 Å². The molecule has 0 aromatic carbocycles. The molecule has 4 unspecified atom stereocenters. The Morgan fingerprint density at radius 3 is 1.48 bits per heavy atom. The topological polar surface area (TPSA) is 372 Å². The fourth-order valence-electron chi connectivity index (χ4n) is 4.02. The average Bonchev–Trinajstić information content (AvgIpc) is 3.05. The molecule has 306 valence electrons. The van der Waals surface area contributed by atoms with E-state index in [-0.39, 0.29) is 132 Å². The van der Waals surface area contributed by atoms with E-state index in [9.17, 15) is 65.0 Å². The van der Waals surface area contributed by atoms with E-state index in [0.29, 0.717) is 42.1 Å². The zero-order chi connectivity index (χ0) is 39.8. The van der Waals surface area contributed by atoms with Crippen LogP contribution in [0.2, 0.25) is 0 Å². The molecule has 54 heavy (non-hydrogen) atoms. The molecular formula is C24H42K2N2O20S6. The van der Waals surface area contributed by atoms with Gasteiger partial charge in [0, 0.05) is 46.3 Å². The van der Waals surface area contributed by atoms with Crippen LogP contribution in [0.5, 0.6) is 0 Å². The molecule has 0 saturated carbocycles. The normalized spacial score (nSPS) is 30.6. The van der Waals surface area contributed by atoms with Crippen molar-refractivity contribution in [1.82, 2.24) is 0 Å². The number of allylic oxidation sites excluding steroid dienone is 1. The van der Waals surface area contributed by atoms with E-state index in [1.165, 1.54) is 24.0 Å². The predicted octanol–water partition coefficient (Wildman–Crippen LogP) is -10.2. The maximum atomic E-state index is 11.0. The van der Waals surface area contributed by atoms with Gasteiger partial charge in [0.25, 0.3) is 20.8 Å². The summed E-state index contributed by atoms with van der Waals surface area (Å²) in [6.45, 7) is -1.26. The van der Waals surface area contributed by atoms with Gasteiger partial charge in [0.05, 0.1) is 13.2 Å². The van der Waals surface area contributed by atoms with Crippen LogP contribution in [0.3, 0.4) is 0 Å². The van der Waals surface area contributed by atoms with E-state index < -0.39 is 115 Å². The molecule has 0 aliphatic carbocycles. The summed E-state index contributed by atoms with van der Waals surface area (Å²) < 4.78 is 104. The molecule has 22 nitrogen and oxygen atoms in total. The van der Waals surface area contributed by atoms with Crippen molar-refractivity contribution in [3.8, 4) is 0 Å². The molecule has 0 bridgehead atoms. The number of nitrogens with zero attached hydrogens (tertiary/aromatic N) is 2. The number of unbranched alkanes of at least 4 members (excludes halogenated alkanes) is 1. The van der Waals surface area contributed by atoms with Gasteiger partial charge in [-0.15, -0.1) is 0 Å². The van der Waals surface area contributed by atoms with Crippen molar-refractivity contribution in [2.75, 3.05) is 31.5 Å². The molecule has 30 heteroatoms. The first-order valence-corrected chi connectivity index (χ1v) is 22.5. The predicted molar refractivity (Wildman–Crippen MR) is 184 cm³/mol. The Morgan fingerprint density at radius 2 is 1.13 bits per heavy atom. The molecule has 2 rings (SSSR count). The third-order valence-electron chi connectivity index (χ3n) is 6.55. The maximum Gasteiger partial charge on any atom is 1.00 e. The van der Waals surface area contributed by atoms with Crippen molar-refractivity contribution in [2.45, 2.75) is 91.8 Å². The first-order chi connectivity index (χ1) is 24.1. The molecule has 0 spiro atoms. The van der Waals surface area contributed by atoms with E-state index in [1.54, 1.807) is 0 Å². The summed E-state index contributed by atoms with van der Waals surface area (Å²) in [4.78, 5) is 0. The van der Waals surface area contributed by atoms with Crippen LogP contribution in [0.25, 0.3) is 0 Å². The first kappa shape index (κ1) is 58.5. The standard InChI is InChI=1S/C12H23NO10S3.C12H21NO10S3.2K/c2*1-25(18)5-3-2-4-8(13-23-26(19,20)21)24-12-11(17)10(16)9(15)7(6-14)22-12;;/h7,9-12,14-17H,2-6H2,1H3,(H,19,20,21);3,5,7,9-12,14-17H,2,4,6H2,1H3,(H,19,20,21);;/q;;2*+1/p-2/b13-8-;5-3+,13-8-;;/t2*7?,9-,10+,11?,12+,25-;;/m11../s1. The molecule has 0 radical (unpaired) electrons. The zero-order valence-electron chi connectivity index (χ0n) is 29.4. The van der Waals surface area contributed by atoms with Gasteiger partial charge < -0.3 is 59.4 Å². The summed E-state index contributed by atoms with van der Waals surface area (Å²) in [6.07, 6.45) is -5.83. The van der Waals surface area contributed by atoms with Crippen LogP contribution >= 0.6 is 23.5 Å². The molecule has 8 N–H and O–H groups in total.